The average molecular weight is 376 g/mol. The fraction of sp³-hybridized carbons (Fsp3) is 0.238. The van der Waals surface area contributed by atoms with E-state index in [1.807, 2.05) is 42.5 Å². The number of nitrogens with one attached hydrogen (secondary N) is 3. The Bertz CT molecular complexity index is 949. The zero-order valence-electron chi connectivity index (χ0n) is 16.4. The summed E-state index contributed by atoms with van der Waals surface area (Å²) in [5.74, 6) is 1.11. The van der Waals surface area contributed by atoms with E-state index in [-0.39, 0.29) is 11.4 Å². The highest BCUT2D eigenvalue weighted by molar-refractivity contribution is 5.88. The average Bonchev–Trinajstić information content (AvgIpc) is 2.62. The van der Waals surface area contributed by atoms with Crippen LogP contribution < -0.4 is 16.0 Å². The number of pyridine rings is 1. The maximum Gasteiger partial charge on any atom is 0.225 e. The predicted molar refractivity (Wildman–Crippen MR) is 113 cm³/mol. The van der Waals surface area contributed by atoms with Crippen LogP contribution in [0.25, 0.3) is 11.3 Å². The van der Waals surface area contributed by atoms with Gasteiger partial charge in [0, 0.05) is 47.9 Å². The van der Waals surface area contributed by atoms with Crippen LogP contribution >= 0.6 is 0 Å². The van der Waals surface area contributed by atoms with Crippen LogP contribution in [-0.2, 0) is 4.79 Å². The number of amides is 1. The zero-order valence-corrected chi connectivity index (χ0v) is 16.4. The number of hydrogen-bond donors (Lipinski definition) is 3. The third-order valence-corrected chi connectivity index (χ3v) is 3.67. The number of aromatic nitrogens is 3. The van der Waals surface area contributed by atoms with Crippen LogP contribution in [-0.4, -0.2) is 26.4 Å². The molecule has 0 aliphatic rings. The van der Waals surface area contributed by atoms with E-state index < -0.39 is 0 Å². The minimum absolute atomic E-state index is 0.101. The van der Waals surface area contributed by atoms with Crippen molar-refractivity contribution in [2.24, 2.45) is 0 Å². The van der Waals surface area contributed by atoms with Gasteiger partial charge >= 0.3 is 0 Å². The summed E-state index contributed by atoms with van der Waals surface area (Å²) in [7, 11) is 0. The Morgan fingerprint density at radius 3 is 2.18 bits per heavy atom. The third kappa shape index (κ3) is 5.51. The smallest absolute Gasteiger partial charge is 0.225 e. The van der Waals surface area contributed by atoms with E-state index >= 15 is 0 Å². The fourth-order valence-electron chi connectivity index (χ4n) is 2.56. The van der Waals surface area contributed by atoms with Crippen molar-refractivity contribution in [2.75, 3.05) is 16.0 Å². The molecular weight excluding hydrogens is 352 g/mol. The summed E-state index contributed by atoms with van der Waals surface area (Å²) < 4.78 is 0. The van der Waals surface area contributed by atoms with E-state index in [1.54, 1.807) is 12.4 Å². The highest BCUT2D eigenvalue weighted by Gasteiger charge is 2.14. The van der Waals surface area contributed by atoms with E-state index in [1.165, 1.54) is 6.92 Å². The Labute approximate surface area is 164 Å². The topological polar surface area (TPSA) is 91.8 Å². The molecule has 144 valence electrons. The number of benzene rings is 1. The van der Waals surface area contributed by atoms with Crippen molar-refractivity contribution in [3.05, 3.63) is 54.9 Å². The summed E-state index contributed by atoms with van der Waals surface area (Å²) in [6.45, 7) is 7.66. The lowest BCUT2D eigenvalue weighted by Gasteiger charge is -2.21. The van der Waals surface area contributed by atoms with Crippen LogP contribution in [0.5, 0.6) is 0 Å². The molecule has 1 amide bonds. The Morgan fingerprint density at radius 2 is 1.57 bits per heavy atom. The summed E-state index contributed by atoms with van der Waals surface area (Å²) in [5.41, 5.74) is 3.18. The Balaban J connectivity index is 1.90. The van der Waals surface area contributed by atoms with Gasteiger partial charge in [0.05, 0.1) is 5.69 Å². The normalized spacial score (nSPS) is 11.0. The standard InChI is InChI=1S/C21H24N6O/c1-14(28)23-16-5-7-17(8-6-16)24-19-13-18(15-9-11-22-12-10-15)25-20(26-19)27-21(2,3)4/h5-13H,1-4H3,(H,23,28)(H2,24,25,26,27). The molecule has 0 radical (unpaired) electrons. The highest BCUT2D eigenvalue weighted by Crippen LogP contribution is 2.25. The SMILES string of the molecule is CC(=O)Nc1ccc(Nc2cc(-c3ccncc3)nc(NC(C)(C)C)n2)cc1. The first kappa shape index (κ1) is 19.3. The van der Waals surface area contributed by atoms with Gasteiger partial charge in [-0.25, -0.2) is 4.98 Å². The molecule has 2 heterocycles. The molecule has 7 heteroatoms. The van der Waals surface area contributed by atoms with Crippen LogP contribution in [0.2, 0.25) is 0 Å². The third-order valence-electron chi connectivity index (χ3n) is 3.67. The molecule has 0 fully saturated rings. The summed E-state index contributed by atoms with van der Waals surface area (Å²) in [6.07, 6.45) is 3.48. The first-order valence-electron chi connectivity index (χ1n) is 9.01. The van der Waals surface area contributed by atoms with E-state index in [9.17, 15) is 4.79 Å². The van der Waals surface area contributed by atoms with Gasteiger partial charge in [0.25, 0.3) is 0 Å². The first-order chi connectivity index (χ1) is 13.3. The lowest BCUT2D eigenvalue weighted by molar-refractivity contribution is -0.114. The molecule has 2 aromatic heterocycles. The molecule has 1 aromatic carbocycles. The van der Waals surface area contributed by atoms with Crippen molar-refractivity contribution in [1.82, 2.24) is 15.0 Å². The monoisotopic (exact) mass is 376 g/mol. The molecule has 3 rings (SSSR count). The van der Waals surface area contributed by atoms with Gasteiger partial charge in [-0.1, -0.05) is 0 Å². The molecule has 28 heavy (non-hydrogen) atoms. The van der Waals surface area contributed by atoms with E-state index in [4.69, 9.17) is 0 Å². The van der Waals surface area contributed by atoms with Crippen molar-refractivity contribution < 1.29 is 4.79 Å². The van der Waals surface area contributed by atoms with Gasteiger partial charge in [-0.05, 0) is 57.2 Å². The molecule has 0 saturated heterocycles. The largest absolute Gasteiger partial charge is 0.350 e. The summed E-state index contributed by atoms with van der Waals surface area (Å²) in [6, 6.07) is 13.2. The Kier molecular flexibility index (Phi) is 5.54. The van der Waals surface area contributed by atoms with Gasteiger partial charge < -0.3 is 16.0 Å². The quantitative estimate of drug-likeness (QED) is 0.609. The second-order valence-electron chi connectivity index (χ2n) is 7.46. The van der Waals surface area contributed by atoms with Crippen molar-refractivity contribution >= 4 is 29.0 Å². The van der Waals surface area contributed by atoms with E-state index in [0.29, 0.717) is 11.8 Å². The van der Waals surface area contributed by atoms with Crippen LogP contribution in [0.15, 0.2) is 54.9 Å². The van der Waals surface area contributed by atoms with Crippen LogP contribution in [0.4, 0.5) is 23.1 Å². The summed E-state index contributed by atoms with van der Waals surface area (Å²) in [4.78, 5) is 24.5. The van der Waals surface area contributed by atoms with E-state index in [0.717, 1.165) is 22.6 Å². The highest BCUT2D eigenvalue weighted by atomic mass is 16.1. The summed E-state index contributed by atoms with van der Waals surface area (Å²) in [5, 5.41) is 9.38. The molecular formula is C21H24N6O. The Morgan fingerprint density at radius 1 is 0.929 bits per heavy atom. The number of rotatable bonds is 5. The number of hydrogen-bond acceptors (Lipinski definition) is 6. The molecule has 0 atom stereocenters. The number of anilines is 4. The van der Waals surface area contributed by atoms with Crippen LogP contribution in [0, 0.1) is 0 Å². The van der Waals surface area contributed by atoms with Crippen molar-refractivity contribution in [2.45, 2.75) is 33.2 Å². The van der Waals surface area contributed by atoms with Crippen LogP contribution in [0.1, 0.15) is 27.7 Å². The number of carbonyl (C=O) groups is 1. The second kappa shape index (κ2) is 8.04. The van der Waals surface area contributed by atoms with Gasteiger partial charge in [-0.3, -0.25) is 9.78 Å². The molecule has 0 spiro atoms. The molecule has 0 aliphatic carbocycles. The van der Waals surface area contributed by atoms with Gasteiger partial charge in [0.1, 0.15) is 5.82 Å². The van der Waals surface area contributed by atoms with E-state index in [2.05, 4.69) is 51.7 Å². The van der Waals surface area contributed by atoms with Crippen molar-refractivity contribution in [3.63, 3.8) is 0 Å². The maximum absolute atomic E-state index is 11.2. The second-order valence-corrected chi connectivity index (χ2v) is 7.46. The first-order valence-corrected chi connectivity index (χ1v) is 9.01. The van der Waals surface area contributed by atoms with Gasteiger partial charge in [-0.2, -0.15) is 4.98 Å². The maximum atomic E-state index is 11.2. The predicted octanol–water partition coefficient (Wildman–Crippen LogP) is 4.45. The van der Waals surface area contributed by atoms with Crippen LogP contribution in [0.3, 0.4) is 0 Å². The lowest BCUT2D eigenvalue weighted by atomic mass is 10.1. The molecule has 0 aliphatic heterocycles. The number of carbonyl (C=O) groups excluding carboxylic acids is 1. The molecule has 0 bridgehead atoms. The molecule has 3 N–H and O–H groups in total. The molecule has 7 nitrogen and oxygen atoms in total. The zero-order chi connectivity index (χ0) is 20.1. The molecule has 3 aromatic rings. The molecule has 0 unspecified atom stereocenters. The van der Waals surface area contributed by atoms with Crippen molar-refractivity contribution in [1.29, 1.82) is 0 Å². The number of nitrogens with zero attached hydrogens (tertiary/aromatic N) is 3. The molecule has 0 saturated carbocycles. The minimum atomic E-state index is -0.172. The van der Waals surface area contributed by atoms with Gasteiger partial charge in [0.15, 0.2) is 0 Å². The minimum Gasteiger partial charge on any atom is -0.350 e. The lowest BCUT2D eigenvalue weighted by Crippen LogP contribution is -2.27. The summed E-state index contributed by atoms with van der Waals surface area (Å²) >= 11 is 0. The van der Waals surface area contributed by atoms with Crippen molar-refractivity contribution in [3.8, 4) is 11.3 Å². The fourth-order valence-corrected chi connectivity index (χ4v) is 2.56. The van der Waals surface area contributed by atoms with Gasteiger partial charge in [0.2, 0.25) is 11.9 Å². The Hall–Kier alpha value is -3.48. The van der Waals surface area contributed by atoms with Gasteiger partial charge in [-0.15, -0.1) is 0 Å².